The van der Waals surface area contributed by atoms with E-state index in [1.54, 1.807) is 19.1 Å². The fraction of sp³-hybridized carbons (Fsp3) is 0.200. The number of carboxylic acids is 1. The van der Waals surface area contributed by atoms with Gasteiger partial charge in [-0.3, -0.25) is 9.59 Å². The van der Waals surface area contributed by atoms with Crippen molar-refractivity contribution in [1.82, 2.24) is 0 Å². The summed E-state index contributed by atoms with van der Waals surface area (Å²) in [5.74, 6) is -0.378. The quantitative estimate of drug-likeness (QED) is 0.478. The Morgan fingerprint density at radius 3 is 1.93 bits per heavy atom. The van der Waals surface area contributed by atoms with Crippen molar-refractivity contribution in [2.75, 3.05) is 0 Å². The molecule has 0 aromatic heterocycles. The molecule has 0 unspecified atom stereocenters. The van der Waals surface area contributed by atoms with Gasteiger partial charge in [-0.25, -0.2) is 0 Å². The zero-order valence-electron chi connectivity index (χ0n) is 16.8. The molecular weight excluding hydrogens is 380 g/mol. The summed E-state index contributed by atoms with van der Waals surface area (Å²) in [5, 5.41) is 9.35. The van der Waals surface area contributed by atoms with Crippen molar-refractivity contribution in [3.63, 3.8) is 0 Å². The van der Waals surface area contributed by atoms with E-state index in [-0.39, 0.29) is 25.2 Å². The van der Waals surface area contributed by atoms with Crippen molar-refractivity contribution in [2.45, 2.75) is 33.0 Å². The average Bonchev–Trinajstić information content (AvgIpc) is 2.76. The van der Waals surface area contributed by atoms with E-state index in [1.165, 1.54) is 0 Å². The Kier molecular flexibility index (Phi) is 7.22. The molecule has 0 aliphatic carbocycles. The smallest absolute Gasteiger partial charge is 0.307 e. The van der Waals surface area contributed by atoms with Crippen LogP contribution in [0, 0.1) is 0 Å². The molecule has 0 fully saturated rings. The van der Waals surface area contributed by atoms with Crippen molar-refractivity contribution in [1.29, 1.82) is 0 Å². The van der Waals surface area contributed by atoms with E-state index < -0.39 is 5.97 Å². The standard InChI is InChI=1S/C25H24O5/c1-2-22(26)25-20(14-24(27)28)13-21(29-16-18-9-5-3-6-10-18)15-23(25)30-17-19-11-7-4-8-12-19/h3-13,15H,2,14,16-17H2,1H3,(H,27,28). The van der Waals surface area contributed by atoms with Gasteiger partial charge in [0, 0.05) is 12.5 Å². The summed E-state index contributed by atoms with van der Waals surface area (Å²) in [6.07, 6.45) is -0.0379. The van der Waals surface area contributed by atoms with Crippen molar-refractivity contribution >= 4 is 11.8 Å². The van der Waals surface area contributed by atoms with Crippen molar-refractivity contribution in [3.05, 3.63) is 95.1 Å². The lowest BCUT2D eigenvalue weighted by Gasteiger charge is -2.17. The molecule has 154 valence electrons. The maximum absolute atomic E-state index is 12.6. The van der Waals surface area contributed by atoms with Crippen LogP contribution < -0.4 is 9.47 Å². The average molecular weight is 404 g/mol. The number of aliphatic carboxylic acids is 1. The van der Waals surface area contributed by atoms with Crippen LogP contribution in [0.1, 0.15) is 40.4 Å². The van der Waals surface area contributed by atoms with Crippen molar-refractivity contribution in [3.8, 4) is 11.5 Å². The van der Waals surface area contributed by atoms with E-state index in [0.29, 0.717) is 29.2 Å². The van der Waals surface area contributed by atoms with Crippen LogP contribution in [0.25, 0.3) is 0 Å². The molecule has 3 rings (SSSR count). The molecule has 3 aromatic rings. The molecule has 0 aliphatic heterocycles. The molecule has 0 aliphatic rings. The number of ether oxygens (including phenoxy) is 2. The Labute approximate surface area is 175 Å². The van der Waals surface area contributed by atoms with Crippen LogP contribution >= 0.6 is 0 Å². The van der Waals surface area contributed by atoms with Gasteiger partial charge in [-0.15, -0.1) is 0 Å². The molecule has 3 aromatic carbocycles. The Morgan fingerprint density at radius 1 is 0.833 bits per heavy atom. The minimum absolute atomic E-state index is 0.163. The summed E-state index contributed by atoms with van der Waals surface area (Å²) in [6.45, 7) is 2.33. The summed E-state index contributed by atoms with van der Waals surface area (Å²) in [6, 6.07) is 22.5. The van der Waals surface area contributed by atoms with Gasteiger partial charge < -0.3 is 14.6 Å². The zero-order valence-corrected chi connectivity index (χ0v) is 16.8. The second-order valence-corrected chi connectivity index (χ2v) is 6.85. The first-order valence-electron chi connectivity index (χ1n) is 9.82. The highest BCUT2D eigenvalue weighted by molar-refractivity contribution is 6.01. The highest BCUT2D eigenvalue weighted by Crippen LogP contribution is 2.32. The van der Waals surface area contributed by atoms with Gasteiger partial charge in [-0.2, -0.15) is 0 Å². The molecule has 30 heavy (non-hydrogen) atoms. The molecule has 0 spiro atoms. The topological polar surface area (TPSA) is 72.8 Å². The second kappa shape index (κ2) is 10.3. The van der Waals surface area contributed by atoms with Gasteiger partial charge in [0.15, 0.2) is 5.78 Å². The van der Waals surface area contributed by atoms with Gasteiger partial charge in [0.05, 0.1) is 12.0 Å². The van der Waals surface area contributed by atoms with E-state index in [2.05, 4.69) is 0 Å². The summed E-state index contributed by atoms with van der Waals surface area (Å²) < 4.78 is 11.9. The lowest BCUT2D eigenvalue weighted by atomic mass is 9.98. The van der Waals surface area contributed by atoms with Crippen LogP contribution in [0.15, 0.2) is 72.8 Å². The maximum atomic E-state index is 12.6. The Balaban J connectivity index is 1.94. The number of carbonyl (C=O) groups excluding carboxylic acids is 1. The van der Waals surface area contributed by atoms with Crippen LogP contribution in [0.2, 0.25) is 0 Å². The predicted octanol–water partition coefficient (Wildman–Crippen LogP) is 5.06. The minimum Gasteiger partial charge on any atom is -0.489 e. The number of carbonyl (C=O) groups is 2. The maximum Gasteiger partial charge on any atom is 0.307 e. The Bertz CT molecular complexity index is 997. The number of hydrogen-bond donors (Lipinski definition) is 1. The van der Waals surface area contributed by atoms with Gasteiger partial charge in [-0.1, -0.05) is 67.6 Å². The lowest BCUT2D eigenvalue weighted by Crippen LogP contribution is -2.11. The van der Waals surface area contributed by atoms with Gasteiger partial charge in [0.25, 0.3) is 0 Å². The van der Waals surface area contributed by atoms with Crippen molar-refractivity contribution in [2.24, 2.45) is 0 Å². The van der Waals surface area contributed by atoms with Gasteiger partial charge in [0.1, 0.15) is 24.7 Å². The van der Waals surface area contributed by atoms with Crippen molar-refractivity contribution < 1.29 is 24.2 Å². The SMILES string of the molecule is CCC(=O)c1c(CC(=O)O)cc(OCc2ccccc2)cc1OCc1ccccc1. The largest absolute Gasteiger partial charge is 0.489 e. The van der Waals surface area contributed by atoms with Gasteiger partial charge in [0.2, 0.25) is 0 Å². The van der Waals surface area contributed by atoms with Gasteiger partial charge >= 0.3 is 5.97 Å². The zero-order chi connectivity index (χ0) is 21.3. The van der Waals surface area contributed by atoms with Crippen LogP contribution in [0.5, 0.6) is 11.5 Å². The van der Waals surface area contributed by atoms with E-state index >= 15 is 0 Å². The molecule has 5 nitrogen and oxygen atoms in total. The first kappa shape index (κ1) is 21.1. The molecular formula is C25H24O5. The molecule has 0 saturated carbocycles. The van der Waals surface area contributed by atoms with E-state index in [0.717, 1.165) is 11.1 Å². The molecule has 0 saturated heterocycles. The molecule has 1 N–H and O–H groups in total. The van der Waals surface area contributed by atoms with Crippen LogP contribution in [0.4, 0.5) is 0 Å². The van der Waals surface area contributed by atoms with Crippen LogP contribution in [-0.2, 0) is 24.4 Å². The number of benzene rings is 3. The molecule has 0 heterocycles. The third kappa shape index (κ3) is 5.70. The van der Waals surface area contributed by atoms with Gasteiger partial charge in [-0.05, 0) is 22.8 Å². The number of hydrogen-bond acceptors (Lipinski definition) is 4. The fourth-order valence-electron chi connectivity index (χ4n) is 3.11. The van der Waals surface area contributed by atoms with E-state index in [4.69, 9.17) is 9.47 Å². The second-order valence-electron chi connectivity index (χ2n) is 6.85. The lowest BCUT2D eigenvalue weighted by molar-refractivity contribution is -0.136. The van der Waals surface area contributed by atoms with E-state index in [1.807, 2.05) is 60.7 Å². The summed E-state index contributed by atoms with van der Waals surface area (Å²) in [4.78, 5) is 24.0. The highest BCUT2D eigenvalue weighted by atomic mass is 16.5. The molecule has 0 bridgehead atoms. The first-order chi connectivity index (χ1) is 14.6. The Morgan fingerprint density at radius 2 is 1.40 bits per heavy atom. The molecule has 0 amide bonds. The fourth-order valence-corrected chi connectivity index (χ4v) is 3.11. The van der Waals surface area contributed by atoms with Crippen LogP contribution in [-0.4, -0.2) is 16.9 Å². The summed E-state index contributed by atoms with van der Waals surface area (Å²) >= 11 is 0. The minimum atomic E-state index is -1.02. The number of Topliss-reactive ketones (excluding diaryl/α,β-unsaturated/α-hetero) is 1. The number of carboxylic acid groups (broad SMARTS) is 1. The third-order valence-corrected chi connectivity index (χ3v) is 4.58. The summed E-state index contributed by atoms with van der Waals surface area (Å²) in [5.41, 5.74) is 2.63. The number of rotatable bonds is 10. The Hall–Kier alpha value is -3.60. The van der Waals surface area contributed by atoms with E-state index in [9.17, 15) is 14.7 Å². The first-order valence-corrected chi connectivity index (χ1v) is 9.82. The molecule has 0 atom stereocenters. The summed E-state index contributed by atoms with van der Waals surface area (Å²) in [7, 11) is 0. The molecule has 0 radical (unpaired) electrons. The van der Waals surface area contributed by atoms with Crippen LogP contribution in [0.3, 0.4) is 0 Å². The monoisotopic (exact) mass is 404 g/mol. The highest BCUT2D eigenvalue weighted by Gasteiger charge is 2.20. The number of ketones is 1. The third-order valence-electron chi connectivity index (χ3n) is 4.58. The normalized spacial score (nSPS) is 10.4. The molecule has 5 heteroatoms. The predicted molar refractivity (Wildman–Crippen MR) is 114 cm³/mol.